The lowest BCUT2D eigenvalue weighted by molar-refractivity contribution is 0.438. The summed E-state index contributed by atoms with van der Waals surface area (Å²) in [5.74, 6) is 0.986. The van der Waals surface area contributed by atoms with Crippen LogP contribution in [-0.2, 0) is 0 Å². The molecule has 1 aromatic rings. The molecule has 0 radical (unpaired) electrons. The van der Waals surface area contributed by atoms with E-state index in [1.807, 2.05) is 12.1 Å². The summed E-state index contributed by atoms with van der Waals surface area (Å²) in [7, 11) is 0. The summed E-state index contributed by atoms with van der Waals surface area (Å²) in [6.45, 7) is 4.50. The Morgan fingerprint density at radius 1 is 1.25 bits per heavy atom. The van der Waals surface area contributed by atoms with Crippen molar-refractivity contribution in [1.82, 2.24) is 5.32 Å². The predicted octanol–water partition coefficient (Wildman–Crippen LogP) is 4.18. The van der Waals surface area contributed by atoms with Crippen molar-refractivity contribution >= 4 is 11.6 Å². The van der Waals surface area contributed by atoms with Gasteiger partial charge in [0.05, 0.1) is 0 Å². The molecule has 0 heterocycles. The Bertz CT molecular complexity index is 329. The maximum Gasteiger partial charge on any atom is 0.0406 e. The van der Waals surface area contributed by atoms with Crippen LogP contribution in [0, 0.1) is 5.92 Å². The van der Waals surface area contributed by atoms with Gasteiger partial charge in [0.25, 0.3) is 0 Å². The van der Waals surface area contributed by atoms with Crippen LogP contribution in [0.25, 0.3) is 0 Å². The number of hydrogen-bond donors (Lipinski definition) is 1. The average molecular weight is 238 g/mol. The van der Waals surface area contributed by atoms with E-state index in [0.717, 1.165) is 10.9 Å². The predicted molar refractivity (Wildman–Crippen MR) is 69.8 cm³/mol. The van der Waals surface area contributed by atoms with Crippen molar-refractivity contribution in [3.8, 4) is 0 Å². The zero-order valence-electron chi connectivity index (χ0n) is 10.0. The van der Waals surface area contributed by atoms with Gasteiger partial charge in [0.1, 0.15) is 0 Å². The lowest BCUT2D eigenvalue weighted by Gasteiger charge is -2.20. The first-order chi connectivity index (χ1) is 7.65. The Hall–Kier alpha value is -0.530. The Kier molecular flexibility index (Phi) is 3.88. The maximum atomic E-state index is 5.88. The highest BCUT2D eigenvalue weighted by Crippen LogP contribution is 2.33. The van der Waals surface area contributed by atoms with E-state index < -0.39 is 0 Å². The Morgan fingerprint density at radius 3 is 2.44 bits per heavy atom. The molecule has 1 aliphatic rings. The number of benzene rings is 1. The Balaban J connectivity index is 1.85. The summed E-state index contributed by atoms with van der Waals surface area (Å²) in [6, 6.07) is 9.14. The molecular formula is C14H20ClN. The molecule has 0 saturated heterocycles. The molecule has 2 heteroatoms. The first-order valence-electron chi connectivity index (χ1n) is 6.16. The highest BCUT2D eigenvalue weighted by molar-refractivity contribution is 6.30. The molecule has 1 saturated carbocycles. The van der Waals surface area contributed by atoms with Crippen molar-refractivity contribution in [3.63, 3.8) is 0 Å². The number of nitrogens with one attached hydrogen (secondary N) is 1. The number of rotatable bonds is 5. The van der Waals surface area contributed by atoms with Crippen LogP contribution in [0.1, 0.15) is 44.7 Å². The molecule has 1 aromatic carbocycles. The van der Waals surface area contributed by atoms with Gasteiger partial charge in [-0.1, -0.05) is 36.6 Å². The summed E-state index contributed by atoms with van der Waals surface area (Å²) < 4.78 is 0. The van der Waals surface area contributed by atoms with E-state index in [0.29, 0.717) is 12.1 Å². The van der Waals surface area contributed by atoms with E-state index in [1.54, 1.807) is 0 Å². The molecule has 1 nitrogen and oxygen atoms in total. The second kappa shape index (κ2) is 5.20. The Labute approximate surface area is 103 Å². The standard InChI is InChI=1S/C14H20ClN/c1-10(9-12-3-4-12)16-11(2)13-5-7-14(15)8-6-13/h5-8,10-12,16H,3-4,9H2,1-2H3/t10?,11-/m1/s1. The van der Waals surface area contributed by atoms with Crippen LogP contribution in [0.5, 0.6) is 0 Å². The molecule has 16 heavy (non-hydrogen) atoms. The summed E-state index contributed by atoms with van der Waals surface area (Å²) in [6.07, 6.45) is 4.18. The lowest BCUT2D eigenvalue weighted by atomic mass is 10.1. The largest absolute Gasteiger partial charge is 0.308 e. The molecular weight excluding hydrogens is 218 g/mol. The molecule has 0 bridgehead atoms. The van der Waals surface area contributed by atoms with Crippen LogP contribution >= 0.6 is 11.6 Å². The van der Waals surface area contributed by atoms with Crippen molar-refractivity contribution in [1.29, 1.82) is 0 Å². The molecule has 2 atom stereocenters. The molecule has 0 aromatic heterocycles. The van der Waals surface area contributed by atoms with Crippen LogP contribution in [0.4, 0.5) is 0 Å². The minimum atomic E-state index is 0.408. The lowest BCUT2D eigenvalue weighted by Crippen LogP contribution is -2.29. The van der Waals surface area contributed by atoms with Crippen LogP contribution in [0.2, 0.25) is 5.02 Å². The van der Waals surface area contributed by atoms with E-state index in [-0.39, 0.29) is 0 Å². The van der Waals surface area contributed by atoms with Gasteiger partial charge in [-0.2, -0.15) is 0 Å². The SMILES string of the molecule is CC(CC1CC1)N[C@H](C)c1ccc(Cl)cc1. The van der Waals surface area contributed by atoms with Crippen LogP contribution < -0.4 is 5.32 Å². The molecule has 1 unspecified atom stereocenters. The maximum absolute atomic E-state index is 5.88. The molecule has 1 N–H and O–H groups in total. The molecule has 0 amide bonds. The van der Waals surface area contributed by atoms with E-state index >= 15 is 0 Å². The molecule has 2 rings (SSSR count). The Morgan fingerprint density at radius 2 is 1.88 bits per heavy atom. The molecule has 1 fully saturated rings. The third-order valence-corrected chi connectivity index (χ3v) is 3.54. The zero-order valence-corrected chi connectivity index (χ0v) is 10.8. The van der Waals surface area contributed by atoms with Gasteiger partial charge in [0, 0.05) is 17.1 Å². The summed E-state index contributed by atoms with van der Waals surface area (Å²) in [5, 5.41) is 4.45. The van der Waals surface area contributed by atoms with E-state index in [2.05, 4.69) is 31.3 Å². The van der Waals surface area contributed by atoms with Gasteiger partial charge in [-0.15, -0.1) is 0 Å². The fraction of sp³-hybridized carbons (Fsp3) is 0.571. The monoisotopic (exact) mass is 237 g/mol. The van der Waals surface area contributed by atoms with Crippen LogP contribution in [0.3, 0.4) is 0 Å². The van der Waals surface area contributed by atoms with Gasteiger partial charge in [-0.05, 0) is 43.9 Å². The molecule has 0 aliphatic heterocycles. The second-order valence-electron chi connectivity index (χ2n) is 5.02. The van der Waals surface area contributed by atoms with E-state index in [1.165, 1.54) is 24.8 Å². The van der Waals surface area contributed by atoms with Crippen molar-refractivity contribution in [2.24, 2.45) is 5.92 Å². The number of hydrogen-bond acceptors (Lipinski definition) is 1. The normalized spacial score (nSPS) is 19.4. The van der Waals surface area contributed by atoms with Crippen molar-refractivity contribution in [2.75, 3.05) is 0 Å². The van der Waals surface area contributed by atoms with Crippen molar-refractivity contribution < 1.29 is 0 Å². The van der Waals surface area contributed by atoms with E-state index in [9.17, 15) is 0 Å². The third-order valence-electron chi connectivity index (χ3n) is 3.29. The quantitative estimate of drug-likeness (QED) is 0.810. The fourth-order valence-corrected chi connectivity index (χ4v) is 2.32. The van der Waals surface area contributed by atoms with Crippen molar-refractivity contribution in [2.45, 2.75) is 45.2 Å². The summed E-state index contributed by atoms with van der Waals surface area (Å²) in [4.78, 5) is 0. The highest BCUT2D eigenvalue weighted by Gasteiger charge is 2.24. The van der Waals surface area contributed by atoms with Gasteiger partial charge in [-0.3, -0.25) is 0 Å². The van der Waals surface area contributed by atoms with Crippen LogP contribution in [-0.4, -0.2) is 6.04 Å². The second-order valence-corrected chi connectivity index (χ2v) is 5.46. The molecule has 1 aliphatic carbocycles. The number of halogens is 1. The minimum absolute atomic E-state index is 0.408. The first-order valence-corrected chi connectivity index (χ1v) is 6.54. The van der Waals surface area contributed by atoms with Gasteiger partial charge < -0.3 is 5.32 Å². The average Bonchev–Trinajstić information content (AvgIpc) is 3.02. The fourth-order valence-electron chi connectivity index (χ4n) is 2.20. The zero-order chi connectivity index (χ0) is 11.5. The highest BCUT2D eigenvalue weighted by atomic mass is 35.5. The summed E-state index contributed by atoms with van der Waals surface area (Å²) in [5.41, 5.74) is 1.31. The van der Waals surface area contributed by atoms with E-state index in [4.69, 9.17) is 11.6 Å². The van der Waals surface area contributed by atoms with Gasteiger partial charge in [0.2, 0.25) is 0 Å². The molecule has 88 valence electrons. The van der Waals surface area contributed by atoms with Gasteiger partial charge >= 0.3 is 0 Å². The summed E-state index contributed by atoms with van der Waals surface area (Å²) >= 11 is 5.88. The first kappa shape index (κ1) is 11.9. The van der Waals surface area contributed by atoms with Gasteiger partial charge in [0.15, 0.2) is 0 Å². The third kappa shape index (κ3) is 3.50. The minimum Gasteiger partial charge on any atom is -0.308 e. The smallest absolute Gasteiger partial charge is 0.0406 e. The van der Waals surface area contributed by atoms with Crippen LogP contribution in [0.15, 0.2) is 24.3 Å². The molecule has 0 spiro atoms. The van der Waals surface area contributed by atoms with Gasteiger partial charge in [-0.25, -0.2) is 0 Å². The van der Waals surface area contributed by atoms with Crippen molar-refractivity contribution in [3.05, 3.63) is 34.9 Å². The topological polar surface area (TPSA) is 12.0 Å².